The fraction of sp³-hybridized carbons (Fsp3) is 0.333. The van der Waals surface area contributed by atoms with Crippen molar-refractivity contribution in [2.75, 3.05) is 6.61 Å². The van der Waals surface area contributed by atoms with Crippen LogP contribution in [0.4, 0.5) is 0 Å². The molecule has 1 amide bonds. The van der Waals surface area contributed by atoms with Crippen LogP contribution in [-0.2, 0) is 9.53 Å². The van der Waals surface area contributed by atoms with Crippen molar-refractivity contribution < 1.29 is 14.3 Å². The third-order valence-electron chi connectivity index (χ3n) is 4.61. The van der Waals surface area contributed by atoms with Crippen LogP contribution in [0.25, 0.3) is 0 Å². The lowest BCUT2D eigenvalue weighted by Crippen LogP contribution is -2.46. The Bertz CT molecular complexity index is 900. The summed E-state index contributed by atoms with van der Waals surface area (Å²) in [7, 11) is 0. The van der Waals surface area contributed by atoms with Crippen LogP contribution < -0.4 is 5.32 Å². The van der Waals surface area contributed by atoms with Crippen LogP contribution in [0.15, 0.2) is 52.5 Å². The minimum absolute atomic E-state index is 0.303. The first kappa shape index (κ1) is 19.9. The Kier molecular flexibility index (Phi) is 6.32. The van der Waals surface area contributed by atoms with E-state index in [9.17, 15) is 14.9 Å². The van der Waals surface area contributed by atoms with Gasteiger partial charge in [0.2, 0.25) is 0 Å². The smallest absolute Gasteiger partial charge is 0.341 e. The van der Waals surface area contributed by atoms with Gasteiger partial charge in [-0.3, -0.25) is 4.79 Å². The Balaban J connectivity index is 1.62. The third-order valence-corrected chi connectivity index (χ3v) is 5.64. The molecule has 0 radical (unpaired) electrons. The van der Waals surface area contributed by atoms with Crippen LogP contribution in [0.1, 0.15) is 41.6 Å². The van der Waals surface area contributed by atoms with E-state index >= 15 is 0 Å². The number of hydrogen-bond donors (Lipinski definition) is 1. The lowest BCUT2D eigenvalue weighted by molar-refractivity contribution is -0.125. The molecule has 1 saturated carbocycles. The standard InChI is InChI=1S/C21H21N3O3S/c1-15-6-8-16(9-7-15)28-19-17(5-4-12-23-19)20(26)27-13-18(25)24-21(14-22)10-2-3-11-21/h4-9,12H,2-3,10-11,13H2,1H3,(H,24,25). The molecular formula is C21H21N3O3S. The van der Waals surface area contributed by atoms with Gasteiger partial charge in [-0.2, -0.15) is 5.26 Å². The second-order valence-corrected chi connectivity index (χ2v) is 7.86. The normalized spacial score (nSPS) is 14.9. The summed E-state index contributed by atoms with van der Waals surface area (Å²) in [6, 6.07) is 13.3. The number of pyridine rings is 1. The zero-order chi connectivity index (χ0) is 20.0. The molecule has 1 heterocycles. The number of nitriles is 1. The van der Waals surface area contributed by atoms with E-state index < -0.39 is 24.0 Å². The number of amides is 1. The van der Waals surface area contributed by atoms with E-state index in [-0.39, 0.29) is 0 Å². The van der Waals surface area contributed by atoms with Crippen molar-refractivity contribution in [1.82, 2.24) is 10.3 Å². The van der Waals surface area contributed by atoms with Crippen molar-refractivity contribution >= 4 is 23.6 Å². The molecule has 0 aliphatic heterocycles. The lowest BCUT2D eigenvalue weighted by atomic mass is 10.00. The number of ether oxygens (including phenoxy) is 1. The Morgan fingerprint density at radius 1 is 1.25 bits per heavy atom. The highest BCUT2D eigenvalue weighted by molar-refractivity contribution is 7.99. The molecule has 1 aliphatic carbocycles. The Labute approximate surface area is 168 Å². The van der Waals surface area contributed by atoms with E-state index in [1.165, 1.54) is 11.8 Å². The van der Waals surface area contributed by atoms with Crippen LogP contribution in [0.3, 0.4) is 0 Å². The molecule has 0 atom stereocenters. The van der Waals surface area contributed by atoms with Crippen LogP contribution in [0, 0.1) is 18.3 Å². The van der Waals surface area contributed by atoms with Gasteiger partial charge in [-0.15, -0.1) is 0 Å². The number of nitrogens with zero attached hydrogens (tertiary/aromatic N) is 2. The maximum Gasteiger partial charge on any atom is 0.341 e. The van der Waals surface area contributed by atoms with Gasteiger partial charge >= 0.3 is 5.97 Å². The van der Waals surface area contributed by atoms with E-state index in [4.69, 9.17) is 4.74 Å². The minimum Gasteiger partial charge on any atom is -0.452 e. The van der Waals surface area contributed by atoms with Gasteiger partial charge in [0.1, 0.15) is 10.6 Å². The Morgan fingerprint density at radius 3 is 2.64 bits per heavy atom. The first-order valence-corrected chi connectivity index (χ1v) is 9.92. The van der Waals surface area contributed by atoms with Gasteiger partial charge in [-0.05, 0) is 56.9 Å². The van der Waals surface area contributed by atoms with E-state index in [1.807, 2.05) is 31.2 Å². The highest BCUT2D eigenvalue weighted by atomic mass is 32.2. The monoisotopic (exact) mass is 395 g/mol. The molecule has 0 bridgehead atoms. The van der Waals surface area contributed by atoms with Gasteiger partial charge in [0.25, 0.3) is 5.91 Å². The molecule has 6 nitrogen and oxygen atoms in total. The minimum atomic E-state index is -0.829. The van der Waals surface area contributed by atoms with Gasteiger partial charge in [0.15, 0.2) is 6.61 Å². The predicted octanol–water partition coefficient (Wildman–Crippen LogP) is 3.65. The van der Waals surface area contributed by atoms with Gasteiger partial charge in [0, 0.05) is 11.1 Å². The summed E-state index contributed by atoms with van der Waals surface area (Å²) in [5.41, 5.74) is 0.620. The number of aromatic nitrogens is 1. The number of aryl methyl sites for hydroxylation is 1. The lowest BCUT2D eigenvalue weighted by Gasteiger charge is -2.21. The number of esters is 1. The maximum atomic E-state index is 12.5. The molecule has 1 aromatic carbocycles. The van der Waals surface area contributed by atoms with Crippen molar-refractivity contribution in [2.24, 2.45) is 0 Å². The highest BCUT2D eigenvalue weighted by Crippen LogP contribution is 2.30. The summed E-state index contributed by atoms with van der Waals surface area (Å²) in [6.45, 7) is 1.58. The first-order valence-electron chi connectivity index (χ1n) is 9.10. The molecule has 144 valence electrons. The van der Waals surface area contributed by atoms with E-state index in [0.717, 1.165) is 23.3 Å². The average Bonchev–Trinajstić information content (AvgIpc) is 3.17. The topological polar surface area (TPSA) is 92.1 Å². The number of carbonyl (C=O) groups excluding carboxylic acids is 2. The van der Waals surface area contributed by atoms with Gasteiger partial charge in [-0.1, -0.05) is 29.5 Å². The van der Waals surface area contributed by atoms with Crippen LogP contribution in [-0.4, -0.2) is 29.0 Å². The zero-order valence-electron chi connectivity index (χ0n) is 15.6. The molecule has 0 unspecified atom stereocenters. The molecule has 3 rings (SSSR count). The maximum absolute atomic E-state index is 12.5. The van der Waals surface area contributed by atoms with Crippen LogP contribution in [0.5, 0.6) is 0 Å². The summed E-state index contributed by atoms with van der Waals surface area (Å²) in [5, 5.41) is 12.6. The number of hydrogen-bond acceptors (Lipinski definition) is 6. The molecule has 1 fully saturated rings. The fourth-order valence-electron chi connectivity index (χ4n) is 3.10. The van der Waals surface area contributed by atoms with Gasteiger partial charge in [0.05, 0.1) is 11.6 Å². The Hall–Kier alpha value is -2.85. The summed E-state index contributed by atoms with van der Waals surface area (Å²) < 4.78 is 5.17. The Morgan fingerprint density at radius 2 is 1.96 bits per heavy atom. The highest BCUT2D eigenvalue weighted by Gasteiger charge is 2.35. The number of rotatable bonds is 6. The molecule has 7 heteroatoms. The number of nitrogens with one attached hydrogen (secondary N) is 1. The molecule has 2 aromatic rings. The van der Waals surface area contributed by atoms with Gasteiger partial charge < -0.3 is 10.1 Å². The molecule has 28 heavy (non-hydrogen) atoms. The summed E-state index contributed by atoms with van der Waals surface area (Å²) in [6.07, 6.45) is 4.68. The van der Waals surface area contributed by atoms with Crippen LogP contribution in [0.2, 0.25) is 0 Å². The molecule has 1 aliphatic rings. The summed E-state index contributed by atoms with van der Waals surface area (Å²) in [5.74, 6) is -1.08. The van der Waals surface area contributed by atoms with Crippen molar-refractivity contribution in [2.45, 2.75) is 48.1 Å². The van der Waals surface area contributed by atoms with Crippen molar-refractivity contribution in [3.05, 3.63) is 53.7 Å². The molecule has 0 saturated heterocycles. The average molecular weight is 395 g/mol. The fourth-order valence-corrected chi connectivity index (χ4v) is 3.97. The van der Waals surface area contributed by atoms with E-state index in [2.05, 4.69) is 16.4 Å². The largest absolute Gasteiger partial charge is 0.452 e. The zero-order valence-corrected chi connectivity index (χ0v) is 16.4. The summed E-state index contributed by atoms with van der Waals surface area (Å²) in [4.78, 5) is 29.8. The first-order chi connectivity index (χ1) is 13.5. The molecule has 1 N–H and O–H groups in total. The molecular weight excluding hydrogens is 374 g/mol. The summed E-state index contributed by atoms with van der Waals surface area (Å²) >= 11 is 1.36. The molecule has 0 spiro atoms. The quantitative estimate of drug-likeness (QED) is 0.751. The second-order valence-electron chi connectivity index (χ2n) is 6.80. The second kappa shape index (κ2) is 8.89. The third kappa shape index (κ3) is 4.90. The van der Waals surface area contributed by atoms with Gasteiger partial charge in [-0.25, -0.2) is 9.78 Å². The van der Waals surface area contributed by atoms with Crippen molar-refractivity contribution in [3.63, 3.8) is 0 Å². The van der Waals surface area contributed by atoms with E-state index in [1.54, 1.807) is 18.3 Å². The van der Waals surface area contributed by atoms with Crippen LogP contribution >= 0.6 is 11.8 Å². The van der Waals surface area contributed by atoms with E-state index in [0.29, 0.717) is 23.4 Å². The van der Waals surface area contributed by atoms with Crippen molar-refractivity contribution in [1.29, 1.82) is 5.26 Å². The molecule has 1 aromatic heterocycles. The number of carbonyl (C=O) groups is 2. The van der Waals surface area contributed by atoms with Crippen molar-refractivity contribution in [3.8, 4) is 6.07 Å². The SMILES string of the molecule is Cc1ccc(Sc2ncccc2C(=O)OCC(=O)NC2(C#N)CCCC2)cc1. The predicted molar refractivity (Wildman–Crippen MR) is 105 cm³/mol. The number of benzene rings is 1.